The molecule has 3 aromatic carbocycles. The summed E-state index contributed by atoms with van der Waals surface area (Å²) >= 11 is 6.20. The van der Waals surface area contributed by atoms with Crippen LogP contribution in [0.15, 0.2) is 72.8 Å². The van der Waals surface area contributed by atoms with Gasteiger partial charge in [0, 0.05) is 23.7 Å². The average molecular weight is 352 g/mol. The fourth-order valence-corrected chi connectivity index (χ4v) is 2.89. The summed E-state index contributed by atoms with van der Waals surface area (Å²) in [7, 11) is 0. The van der Waals surface area contributed by atoms with Gasteiger partial charge >= 0.3 is 0 Å². The third-order valence-corrected chi connectivity index (χ3v) is 4.57. The summed E-state index contributed by atoms with van der Waals surface area (Å²) in [4.78, 5) is 0. The Balaban J connectivity index is 1.61. The molecule has 0 heterocycles. The van der Waals surface area contributed by atoms with Crippen LogP contribution in [0.3, 0.4) is 0 Å². The molecule has 0 aliphatic carbocycles. The molecule has 0 saturated heterocycles. The topological polar surface area (TPSA) is 21.3 Å². The number of rotatable bonds is 7. The quantitative estimate of drug-likeness (QED) is 0.605. The lowest BCUT2D eigenvalue weighted by Gasteiger charge is -2.13. The van der Waals surface area contributed by atoms with E-state index in [2.05, 4.69) is 30.4 Å². The highest BCUT2D eigenvalue weighted by atomic mass is 35.5. The number of hydrogen-bond acceptors (Lipinski definition) is 2. The van der Waals surface area contributed by atoms with Crippen LogP contribution in [0.5, 0.6) is 5.75 Å². The summed E-state index contributed by atoms with van der Waals surface area (Å²) in [5.41, 5.74) is 4.70. The van der Waals surface area contributed by atoms with Gasteiger partial charge in [-0.1, -0.05) is 72.3 Å². The molecule has 0 spiro atoms. The predicted octanol–water partition coefficient (Wildman–Crippen LogP) is 5.52. The van der Waals surface area contributed by atoms with E-state index in [0.717, 1.165) is 35.0 Å². The molecule has 0 aliphatic heterocycles. The predicted molar refractivity (Wildman–Crippen MR) is 104 cm³/mol. The molecule has 0 fully saturated rings. The van der Waals surface area contributed by atoms with Crippen LogP contribution < -0.4 is 10.1 Å². The van der Waals surface area contributed by atoms with Crippen LogP contribution in [0.1, 0.15) is 22.3 Å². The van der Waals surface area contributed by atoms with Crippen LogP contribution in [0.4, 0.5) is 0 Å². The Morgan fingerprint density at radius 2 is 1.36 bits per heavy atom. The van der Waals surface area contributed by atoms with Crippen molar-refractivity contribution >= 4 is 11.6 Å². The molecular weight excluding hydrogens is 330 g/mol. The normalized spacial score (nSPS) is 10.6. The first kappa shape index (κ1) is 17.5. The first-order chi connectivity index (χ1) is 12.2. The molecule has 0 amide bonds. The molecule has 3 rings (SSSR count). The number of hydrogen-bond donors (Lipinski definition) is 1. The molecule has 2 nitrogen and oxygen atoms in total. The Bertz CT molecular complexity index is 832. The first-order valence-corrected chi connectivity index (χ1v) is 8.81. The lowest BCUT2D eigenvalue weighted by atomic mass is 10.1. The van der Waals surface area contributed by atoms with Gasteiger partial charge in [-0.2, -0.15) is 0 Å². The van der Waals surface area contributed by atoms with Crippen molar-refractivity contribution < 1.29 is 4.74 Å². The molecule has 0 saturated carbocycles. The van der Waals surface area contributed by atoms with E-state index >= 15 is 0 Å². The molecule has 3 heteroatoms. The molecule has 1 N–H and O–H groups in total. The number of para-hydroxylation sites is 1. The molecule has 0 radical (unpaired) electrons. The number of ether oxygens (including phenoxy) is 1. The summed E-state index contributed by atoms with van der Waals surface area (Å²) in [6, 6.07) is 24.4. The SMILES string of the molecule is Cc1ccccc1COc1ccccc1CNCc1ccccc1Cl. The van der Waals surface area contributed by atoms with Crippen LogP contribution in [-0.4, -0.2) is 0 Å². The van der Waals surface area contributed by atoms with E-state index in [1.54, 1.807) is 0 Å². The minimum absolute atomic E-state index is 0.578. The van der Waals surface area contributed by atoms with E-state index < -0.39 is 0 Å². The minimum atomic E-state index is 0.578. The second kappa shape index (κ2) is 8.70. The van der Waals surface area contributed by atoms with Crippen molar-refractivity contribution in [1.82, 2.24) is 5.32 Å². The Morgan fingerprint density at radius 1 is 0.760 bits per heavy atom. The highest BCUT2D eigenvalue weighted by molar-refractivity contribution is 6.31. The van der Waals surface area contributed by atoms with Crippen LogP contribution in [0, 0.1) is 6.92 Å². The van der Waals surface area contributed by atoms with Gasteiger partial charge in [0.05, 0.1) is 0 Å². The van der Waals surface area contributed by atoms with Gasteiger partial charge in [0.1, 0.15) is 12.4 Å². The number of halogens is 1. The maximum absolute atomic E-state index is 6.20. The summed E-state index contributed by atoms with van der Waals surface area (Å²) < 4.78 is 6.06. The van der Waals surface area contributed by atoms with Gasteiger partial charge in [-0.25, -0.2) is 0 Å². The summed E-state index contributed by atoms with van der Waals surface area (Å²) in [6.45, 7) is 4.14. The summed E-state index contributed by atoms with van der Waals surface area (Å²) in [5.74, 6) is 0.914. The maximum Gasteiger partial charge on any atom is 0.124 e. The average Bonchev–Trinajstić information content (AvgIpc) is 2.64. The maximum atomic E-state index is 6.20. The van der Waals surface area contributed by atoms with Gasteiger partial charge in [-0.15, -0.1) is 0 Å². The zero-order valence-corrected chi connectivity index (χ0v) is 15.1. The Labute approximate surface area is 154 Å². The van der Waals surface area contributed by atoms with E-state index in [1.165, 1.54) is 11.1 Å². The van der Waals surface area contributed by atoms with Crippen LogP contribution in [-0.2, 0) is 19.7 Å². The number of benzene rings is 3. The van der Waals surface area contributed by atoms with Gasteiger partial charge in [0.25, 0.3) is 0 Å². The lowest BCUT2D eigenvalue weighted by molar-refractivity contribution is 0.301. The van der Waals surface area contributed by atoms with Gasteiger partial charge < -0.3 is 10.1 Å². The Kier molecular flexibility index (Phi) is 6.10. The molecule has 0 bridgehead atoms. The largest absolute Gasteiger partial charge is 0.489 e. The van der Waals surface area contributed by atoms with Crippen molar-refractivity contribution in [3.63, 3.8) is 0 Å². The van der Waals surface area contributed by atoms with Crippen molar-refractivity contribution in [2.45, 2.75) is 26.6 Å². The van der Waals surface area contributed by atoms with Crippen molar-refractivity contribution in [3.05, 3.63) is 100 Å². The zero-order valence-electron chi connectivity index (χ0n) is 14.3. The van der Waals surface area contributed by atoms with E-state index in [-0.39, 0.29) is 0 Å². The third-order valence-electron chi connectivity index (χ3n) is 4.21. The molecule has 0 unspecified atom stereocenters. The molecule has 25 heavy (non-hydrogen) atoms. The zero-order chi connectivity index (χ0) is 17.5. The van der Waals surface area contributed by atoms with E-state index in [0.29, 0.717) is 6.61 Å². The molecule has 128 valence electrons. The highest BCUT2D eigenvalue weighted by Crippen LogP contribution is 2.21. The van der Waals surface area contributed by atoms with Crippen molar-refractivity contribution in [2.75, 3.05) is 0 Å². The fraction of sp³-hybridized carbons (Fsp3) is 0.182. The first-order valence-electron chi connectivity index (χ1n) is 8.43. The Hall–Kier alpha value is -2.29. The second-order valence-electron chi connectivity index (χ2n) is 6.02. The lowest BCUT2D eigenvalue weighted by Crippen LogP contribution is -2.14. The van der Waals surface area contributed by atoms with Gasteiger partial charge in [-0.05, 0) is 35.7 Å². The smallest absolute Gasteiger partial charge is 0.124 e. The highest BCUT2D eigenvalue weighted by Gasteiger charge is 2.05. The molecule has 0 aliphatic rings. The van der Waals surface area contributed by atoms with Crippen molar-refractivity contribution in [2.24, 2.45) is 0 Å². The van der Waals surface area contributed by atoms with E-state index in [4.69, 9.17) is 16.3 Å². The van der Waals surface area contributed by atoms with Gasteiger partial charge in [0.2, 0.25) is 0 Å². The fourth-order valence-electron chi connectivity index (χ4n) is 2.69. The van der Waals surface area contributed by atoms with Crippen molar-refractivity contribution in [1.29, 1.82) is 0 Å². The minimum Gasteiger partial charge on any atom is -0.489 e. The van der Waals surface area contributed by atoms with E-state index in [9.17, 15) is 0 Å². The summed E-state index contributed by atoms with van der Waals surface area (Å²) in [5, 5.41) is 4.24. The number of nitrogens with one attached hydrogen (secondary N) is 1. The molecule has 3 aromatic rings. The van der Waals surface area contributed by atoms with Crippen LogP contribution in [0.2, 0.25) is 5.02 Å². The number of aryl methyl sites for hydroxylation is 1. The van der Waals surface area contributed by atoms with Gasteiger partial charge in [0.15, 0.2) is 0 Å². The molecule has 0 atom stereocenters. The second-order valence-corrected chi connectivity index (χ2v) is 6.43. The molecular formula is C22H22ClNO. The summed E-state index contributed by atoms with van der Waals surface area (Å²) in [6.07, 6.45) is 0. The standard InChI is InChI=1S/C22H22ClNO/c1-17-8-2-3-11-20(17)16-25-22-13-7-5-10-19(22)15-24-14-18-9-4-6-12-21(18)23/h2-13,24H,14-16H2,1H3. The van der Waals surface area contributed by atoms with E-state index in [1.807, 2.05) is 54.6 Å². The van der Waals surface area contributed by atoms with Crippen molar-refractivity contribution in [3.8, 4) is 5.75 Å². The van der Waals surface area contributed by atoms with Crippen LogP contribution in [0.25, 0.3) is 0 Å². The third kappa shape index (κ3) is 4.85. The molecule has 0 aromatic heterocycles. The Morgan fingerprint density at radius 3 is 2.12 bits per heavy atom. The van der Waals surface area contributed by atoms with Gasteiger partial charge in [-0.3, -0.25) is 0 Å². The monoisotopic (exact) mass is 351 g/mol. The van der Waals surface area contributed by atoms with Crippen LogP contribution >= 0.6 is 11.6 Å².